The summed E-state index contributed by atoms with van der Waals surface area (Å²) < 4.78 is 0.979. The summed E-state index contributed by atoms with van der Waals surface area (Å²) in [6.45, 7) is 0. The predicted molar refractivity (Wildman–Crippen MR) is 61.4 cm³/mol. The first-order valence-electron chi connectivity index (χ1n) is 3.74. The lowest BCUT2D eigenvalue weighted by Crippen LogP contribution is -1.77. The van der Waals surface area contributed by atoms with E-state index < -0.39 is 0 Å². The van der Waals surface area contributed by atoms with Crippen molar-refractivity contribution in [2.24, 2.45) is 0 Å². The monoisotopic (exact) mass is 276 g/mol. The van der Waals surface area contributed by atoms with Crippen LogP contribution in [0.1, 0.15) is 12.0 Å². The molecule has 0 spiro atoms. The fourth-order valence-corrected chi connectivity index (χ4v) is 1.42. The quantitative estimate of drug-likeness (QED) is 0.536. The van der Waals surface area contributed by atoms with Gasteiger partial charge >= 0.3 is 0 Å². The van der Waals surface area contributed by atoms with Crippen LogP contribution < -0.4 is 0 Å². The number of rotatable bonds is 1. The van der Waals surface area contributed by atoms with Gasteiger partial charge in [0.15, 0.2) is 0 Å². The van der Waals surface area contributed by atoms with Gasteiger partial charge in [0.1, 0.15) is 0 Å². The maximum atomic E-state index is 5.92. The molecule has 1 aromatic rings. The minimum atomic E-state index is 0.554. The van der Waals surface area contributed by atoms with Gasteiger partial charge in [-0.25, -0.2) is 0 Å². The largest absolute Gasteiger partial charge is 0.126 e. The predicted octanol–water partition coefficient (Wildman–Crippen LogP) is 4.08. The Balaban J connectivity index is 2.89. The number of benzene rings is 1. The Labute approximate surface area is 96.4 Å². The summed E-state index contributed by atoms with van der Waals surface area (Å²) in [5.41, 5.74) is 0.834. The standard InChI is InChI=1S/C10H7BrCl2/c11-9-4-5-10(13)8(7-9)3-1-2-6-12/h4-5,7H,2,6H2. The first-order valence-corrected chi connectivity index (χ1v) is 5.44. The van der Waals surface area contributed by atoms with Crippen LogP contribution >= 0.6 is 39.1 Å². The highest BCUT2D eigenvalue weighted by atomic mass is 79.9. The summed E-state index contributed by atoms with van der Waals surface area (Å²) in [7, 11) is 0. The summed E-state index contributed by atoms with van der Waals surface area (Å²) in [5.74, 6) is 6.44. The average molecular weight is 278 g/mol. The molecule has 0 unspecified atom stereocenters. The molecule has 1 rings (SSSR count). The van der Waals surface area contributed by atoms with E-state index in [1.807, 2.05) is 18.2 Å². The number of alkyl halides is 1. The minimum Gasteiger partial charge on any atom is -0.126 e. The van der Waals surface area contributed by atoms with Crippen LogP contribution in [-0.4, -0.2) is 5.88 Å². The molecule has 0 saturated heterocycles. The normalized spacial score (nSPS) is 9.15. The van der Waals surface area contributed by atoms with Crippen LogP contribution in [-0.2, 0) is 0 Å². The van der Waals surface area contributed by atoms with E-state index in [0.717, 1.165) is 10.0 Å². The zero-order valence-electron chi connectivity index (χ0n) is 6.78. The zero-order chi connectivity index (χ0) is 9.68. The molecule has 0 saturated carbocycles. The molecule has 68 valence electrons. The summed E-state index contributed by atoms with van der Waals surface area (Å²) in [4.78, 5) is 0. The highest BCUT2D eigenvalue weighted by Crippen LogP contribution is 2.19. The molecule has 0 heterocycles. The van der Waals surface area contributed by atoms with E-state index in [-0.39, 0.29) is 0 Å². The minimum absolute atomic E-state index is 0.554. The Morgan fingerprint density at radius 2 is 2.15 bits per heavy atom. The van der Waals surface area contributed by atoms with Crippen molar-refractivity contribution in [3.63, 3.8) is 0 Å². The van der Waals surface area contributed by atoms with Gasteiger partial charge in [-0.1, -0.05) is 39.4 Å². The molecule has 0 radical (unpaired) electrons. The molecule has 0 bridgehead atoms. The van der Waals surface area contributed by atoms with E-state index in [4.69, 9.17) is 23.2 Å². The van der Waals surface area contributed by atoms with Crippen LogP contribution in [0.2, 0.25) is 5.02 Å². The summed E-state index contributed by atoms with van der Waals surface area (Å²) >= 11 is 14.8. The Kier molecular flexibility index (Phi) is 4.66. The van der Waals surface area contributed by atoms with Crippen molar-refractivity contribution in [1.29, 1.82) is 0 Å². The summed E-state index contributed by atoms with van der Waals surface area (Å²) in [6.07, 6.45) is 0.685. The molecule has 0 fully saturated rings. The number of hydrogen-bond acceptors (Lipinski definition) is 0. The first kappa shape index (κ1) is 10.9. The van der Waals surface area contributed by atoms with Gasteiger partial charge < -0.3 is 0 Å². The van der Waals surface area contributed by atoms with Gasteiger partial charge in [-0.05, 0) is 18.2 Å². The average Bonchev–Trinajstić information content (AvgIpc) is 2.11. The van der Waals surface area contributed by atoms with E-state index in [0.29, 0.717) is 17.3 Å². The number of hydrogen-bond donors (Lipinski definition) is 0. The highest BCUT2D eigenvalue weighted by molar-refractivity contribution is 9.10. The van der Waals surface area contributed by atoms with Crippen molar-refractivity contribution in [3.8, 4) is 11.8 Å². The molecular weight excluding hydrogens is 271 g/mol. The molecule has 0 aliphatic carbocycles. The fourth-order valence-electron chi connectivity index (χ4n) is 0.798. The van der Waals surface area contributed by atoms with Gasteiger partial charge in [0.05, 0.1) is 5.02 Å². The molecular formula is C10H7BrCl2. The van der Waals surface area contributed by atoms with Gasteiger partial charge in [-0.2, -0.15) is 0 Å². The van der Waals surface area contributed by atoms with Crippen molar-refractivity contribution in [2.45, 2.75) is 6.42 Å². The van der Waals surface area contributed by atoms with Gasteiger partial charge in [0.25, 0.3) is 0 Å². The Morgan fingerprint density at radius 1 is 1.38 bits per heavy atom. The van der Waals surface area contributed by atoms with Crippen LogP contribution in [0.4, 0.5) is 0 Å². The van der Waals surface area contributed by atoms with Crippen LogP contribution in [0.15, 0.2) is 22.7 Å². The van der Waals surface area contributed by atoms with Gasteiger partial charge in [-0.15, -0.1) is 11.6 Å². The maximum absolute atomic E-state index is 5.92. The molecule has 0 atom stereocenters. The first-order chi connectivity index (χ1) is 6.24. The lowest BCUT2D eigenvalue weighted by atomic mass is 10.2. The van der Waals surface area contributed by atoms with Crippen molar-refractivity contribution in [3.05, 3.63) is 33.3 Å². The van der Waals surface area contributed by atoms with Gasteiger partial charge in [-0.3, -0.25) is 0 Å². The smallest absolute Gasteiger partial charge is 0.0563 e. The van der Waals surface area contributed by atoms with Crippen molar-refractivity contribution in [1.82, 2.24) is 0 Å². The van der Waals surface area contributed by atoms with Crippen molar-refractivity contribution < 1.29 is 0 Å². The molecule has 0 amide bonds. The van der Waals surface area contributed by atoms with E-state index in [1.165, 1.54) is 0 Å². The van der Waals surface area contributed by atoms with E-state index in [2.05, 4.69) is 27.8 Å². The molecule has 0 aromatic heterocycles. The second-order valence-electron chi connectivity index (χ2n) is 2.36. The van der Waals surface area contributed by atoms with E-state index >= 15 is 0 Å². The number of halogens is 3. The molecule has 0 nitrogen and oxygen atoms in total. The molecule has 1 aromatic carbocycles. The molecule has 0 aliphatic rings. The third kappa shape index (κ3) is 3.60. The summed E-state index contributed by atoms with van der Waals surface area (Å²) in [6, 6.07) is 5.59. The summed E-state index contributed by atoms with van der Waals surface area (Å²) in [5, 5.41) is 0.672. The fraction of sp³-hybridized carbons (Fsp3) is 0.200. The van der Waals surface area contributed by atoms with Crippen LogP contribution in [0.5, 0.6) is 0 Å². The van der Waals surface area contributed by atoms with Gasteiger partial charge in [0, 0.05) is 22.3 Å². The zero-order valence-corrected chi connectivity index (χ0v) is 9.88. The van der Waals surface area contributed by atoms with Crippen molar-refractivity contribution >= 4 is 39.1 Å². The Hall–Kier alpha value is -0.160. The molecule has 3 heteroatoms. The SMILES string of the molecule is ClCCC#Cc1cc(Br)ccc1Cl. The van der Waals surface area contributed by atoms with E-state index in [1.54, 1.807) is 0 Å². The molecule has 0 aliphatic heterocycles. The Bertz CT molecular complexity index is 350. The topological polar surface area (TPSA) is 0 Å². The van der Waals surface area contributed by atoms with Crippen LogP contribution in [0.25, 0.3) is 0 Å². The van der Waals surface area contributed by atoms with Gasteiger partial charge in [0.2, 0.25) is 0 Å². The second kappa shape index (κ2) is 5.54. The van der Waals surface area contributed by atoms with Crippen LogP contribution in [0.3, 0.4) is 0 Å². The third-order valence-electron chi connectivity index (χ3n) is 1.37. The third-order valence-corrected chi connectivity index (χ3v) is 2.38. The van der Waals surface area contributed by atoms with E-state index in [9.17, 15) is 0 Å². The lowest BCUT2D eigenvalue weighted by Gasteiger charge is -1.95. The Morgan fingerprint density at radius 3 is 2.85 bits per heavy atom. The molecule has 13 heavy (non-hydrogen) atoms. The molecule has 0 N–H and O–H groups in total. The van der Waals surface area contributed by atoms with Crippen LogP contribution in [0, 0.1) is 11.8 Å². The maximum Gasteiger partial charge on any atom is 0.0563 e. The lowest BCUT2D eigenvalue weighted by molar-refractivity contribution is 1.29. The van der Waals surface area contributed by atoms with Crippen molar-refractivity contribution in [2.75, 3.05) is 5.88 Å². The second-order valence-corrected chi connectivity index (χ2v) is 4.07. The highest BCUT2D eigenvalue weighted by Gasteiger charge is 1.96.